The zero-order chi connectivity index (χ0) is 19.7. The van der Waals surface area contributed by atoms with E-state index in [4.69, 9.17) is 15.2 Å². The molecule has 0 aliphatic heterocycles. The highest BCUT2D eigenvalue weighted by molar-refractivity contribution is 6.16. The number of fused-ring (bicyclic) bond motifs is 1. The van der Waals surface area contributed by atoms with Crippen LogP contribution >= 0.6 is 0 Å². The maximum atomic E-state index is 12.8. The van der Waals surface area contributed by atoms with E-state index in [2.05, 4.69) is 5.32 Å². The van der Waals surface area contributed by atoms with Crippen LogP contribution in [0.4, 0.5) is 10.5 Å². The number of nitrogens with zero attached hydrogens (tertiary/aromatic N) is 1. The summed E-state index contributed by atoms with van der Waals surface area (Å²) < 4.78 is 11.3. The minimum absolute atomic E-state index is 0.0430. The van der Waals surface area contributed by atoms with Gasteiger partial charge in [-0.05, 0) is 30.7 Å². The number of aromatic nitrogens is 1. The Balaban J connectivity index is 2.06. The number of methoxy groups -OCH3 is 2. The van der Waals surface area contributed by atoms with Crippen LogP contribution in [0.2, 0.25) is 0 Å². The zero-order valence-electron chi connectivity index (χ0n) is 15.1. The number of ether oxygens (including phenoxy) is 2. The second-order valence-electron chi connectivity index (χ2n) is 5.92. The summed E-state index contributed by atoms with van der Waals surface area (Å²) in [4.78, 5) is 24.6. The van der Waals surface area contributed by atoms with E-state index in [1.54, 1.807) is 36.4 Å². The third-order valence-corrected chi connectivity index (χ3v) is 4.19. The Morgan fingerprint density at radius 1 is 1.07 bits per heavy atom. The van der Waals surface area contributed by atoms with Crippen molar-refractivity contribution in [3.63, 3.8) is 0 Å². The summed E-state index contributed by atoms with van der Waals surface area (Å²) in [5.74, 6) is -0.150. The molecule has 0 bridgehead atoms. The summed E-state index contributed by atoms with van der Waals surface area (Å²) in [5.41, 5.74) is 6.97. The number of rotatable bonds is 4. The van der Waals surface area contributed by atoms with Gasteiger partial charge in [0.15, 0.2) is 11.5 Å². The molecule has 0 saturated heterocycles. The van der Waals surface area contributed by atoms with Gasteiger partial charge in [-0.25, -0.2) is 9.36 Å². The minimum atomic E-state index is -0.881. The van der Waals surface area contributed by atoms with Crippen molar-refractivity contribution in [1.82, 2.24) is 4.57 Å². The molecule has 1 aromatic heterocycles. The Hall–Kier alpha value is -3.68. The highest BCUT2D eigenvalue weighted by atomic mass is 16.5. The molecule has 0 fully saturated rings. The van der Waals surface area contributed by atoms with E-state index in [0.717, 1.165) is 10.1 Å². The van der Waals surface area contributed by atoms with Crippen LogP contribution in [0.3, 0.4) is 0 Å². The Labute approximate surface area is 155 Å². The van der Waals surface area contributed by atoms with Crippen LogP contribution < -0.4 is 20.5 Å². The van der Waals surface area contributed by atoms with Gasteiger partial charge in [0.1, 0.15) is 5.56 Å². The Morgan fingerprint density at radius 3 is 2.41 bits per heavy atom. The summed E-state index contributed by atoms with van der Waals surface area (Å²) in [5, 5.41) is 13.6. The van der Waals surface area contributed by atoms with Gasteiger partial charge in [-0.15, -0.1) is 0 Å². The van der Waals surface area contributed by atoms with E-state index < -0.39 is 17.8 Å². The number of carbonyl (C=O) groups is 2. The van der Waals surface area contributed by atoms with Crippen molar-refractivity contribution in [2.45, 2.75) is 6.92 Å². The molecule has 140 valence electrons. The number of carbonyl (C=O) groups excluding carboxylic acids is 2. The normalized spacial score (nSPS) is 10.6. The van der Waals surface area contributed by atoms with Crippen molar-refractivity contribution < 1.29 is 24.2 Å². The summed E-state index contributed by atoms with van der Waals surface area (Å²) in [6.07, 6.45) is 0. The fraction of sp³-hybridized carbons (Fsp3) is 0.158. The van der Waals surface area contributed by atoms with Crippen molar-refractivity contribution in [2.75, 3.05) is 19.5 Å². The van der Waals surface area contributed by atoms with Gasteiger partial charge in [0.2, 0.25) is 5.88 Å². The number of hydrogen-bond acceptors (Lipinski definition) is 5. The maximum Gasteiger partial charge on any atom is 0.326 e. The standard InChI is InChI=1S/C19H19N3O5/c1-10-4-6-12-13(8-10)22(19(20)25)18(24)16(12)17(23)21-11-5-7-14(26-2)15(9-11)27-3/h4-9,24H,1-3H3,(H2,20,25)(H,21,23). The van der Waals surface area contributed by atoms with Crippen molar-refractivity contribution >= 4 is 28.5 Å². The van der Waals surface area contributed by atoms with Crippen LogP contribution in [0, 0.1) is 6.92 Å². The van der Waals surface area contributed by atoms with Crippen LogP contribution in [0.25, 0.3) is 10.9 Å². The van der Waals surface area contributed by atoms with Crippen LogP contribution in [0.5, 0.6) is 17.4 Å². The van der Waals surface area contributed by atoms with E-state index in [1.165, 1.54) is 14.2 Å². The predicted molar refractivity (Wildman–Crippen MR) is 101 cm³/mol. The molecular weight excluding hydrogens is 350 g/mol. The first kappa shape index (κ1) is 18.1. The van der Waals surface area contributed by atoms with Crippen molar-refractivity contribution in [3.8, 4) is 17.4 Å². The molecule has 0 saturated carbocycles. The average molecular weight is 369 g/mol. The first-order valence-corrected chi connectivity index (χ1v) is 8.04. The van der Waals surface area contributed by atoms with Crippen LogP contribution in [0.15, 0.2) is 36.4 Å². The monoisotopic (exact) mass is 369 g/mol. The SMILES string of the molecule is COc1ccc(NC(=O)c2c(O)n(C(N)=O)c3cc(C)ccc23)cc1OC. The van der Waals surface area contributed by atoms with E-state index in [0.29, 0.717) is 28.1 Å². The molecule has 0 radical (unpaired) electrons. The van der Waals surface area contributed by atoms with Crippen molar-refractivity contribution in [3.05, 3.63) is 47.5 Å². The fourth-order valence-electron chi connectivity index (χ4n) is 2.94. The van der Waals surface area contributed by atoms with Crippen molar-refractivity contribution in [2.24, 2.45) is 5.73 Å². The molecule has 3 rings (SSSR count). The van der Waals surface area contributed by atoms with Gasteiger partial charge in [-0.1, -0.05) is 12.1 Å². The first-order chi connectivity index (χ1) is 12.9. The number of benzene rings is 2. The summed E-state index contributed by atoms with van der Waals surface area (Å²) in [7, 11) is 2.99. The van der Waals surface area contributed by atoms with Gasteiger partial charge in [0.25, 0.3) is 5.91 Å². The quantitative estimate of drug-likeness (QED) is 0.654. The molecule has 8 heteroatoms. The predicted octanol–water partition coefficient (Wildman–Crippen LogP) is 2.85. The van der Waals surface area contributed by atoms with Gasteiger partial charge in [-0.3, -0.25) is 4.79 Å². The smallest absolute Gasteiger partial charge is 0.326 e. The molecule has 4 N–H and O–H groups in total. The molecule has 0 aliphatic carbocycles. The second-order valence-corrected chi connectivity index (χ2v) is 5.92. The Kier molecular flexibility index (Phi) is 4.64. The Bertz CT molecular complexity index is 1060. The van der Waals surface area contributed by atoms with Crippen LogP contribution in [-0.2, 0) is 0 Å². The lowest BCUT2D eigenvalue weighted by Crippen LogP contribution is -2.19. The first-order valence-electron chi connectivity index (χ1n) is 8.04. The van der Waals surface area contributed by atoms with Crippen LogP contribution in [0.1, 0.15) is 15.9 Å². The van der Waals surface area contributed by atoms with E-state index in [1.807, 2.05) is 6.92 Å². The lowest BCUT2D eigenvalue weighted by molar-refractivity contribution is 0.102. The minimum Gasteiger partial charge on any atom is -0.494 e. The topological polar surface area (TPSA) is 116 Å². The Morgan fingerprint density at radius 2 is 1.78 bits per heavy atom. The molecule has 27 heavy (non-hydrogen) atoms. The molecule has 1 heterocycles. The number of nitrogens with two attached hydrogens (primary N) is 1. The molecule has 2 amide bonds. The number of primary amides is 1. The lowest BCUT2D eigenvalue weighted by Gasteiger charge is -2.10. The third kappa shape index (κ3) is 3.12. The molecule has 8 nitrogen and oxygen atoms in total. The van der Waals surface area contributed by atoms with Gasteiger partial charge >= 0.3 is 6.03 Å². The fourth-order valence-corrected chi connectivity index (χ4v) is 2.94. The molecule has 0 unspecified atom stereocenters. The number of hydrogen-bond donors (Lipinski definition) is 3. The zero-order valence-corrected chi connectivity index (χ0v) is 15.1. The summed E-state index contributed by atoms with van der Waals surface area (Å²) >= 11 is 0. The number of aromatic hydroxyl groups is 1. The van der Waals surface area contributed by atoms with Gasteiger partial charge in [0.05, 0.1) is 19.7 Å². The second kappa shape index (κ2) is 6.91. The highest BCUT2D eigenvalue weighted by Gasteiger charge is 2.25. The lowest BCUT2D eigenvalue weighted by atomic mass is 10.1. The molecule has 3 aromatic rings. The largest absolute Gasteiger partial charge is 0.494 e. The number of aryl methyl sites for hydroxylation is 1. The van der Waals surface area contributed by atoms with Crippen molar-refractivity contribution in [1.29, 1.82) is 0 Å². The molecule has 0 aliphatic rings. The van der Waals surface area contributed by atoms with Crippen LogP contribution in [-0.4, -0.2) is 35.8 Å². The third-order valence-electron chi connectivity index (χ3n) is 4.19. The van der Waals surface area contributed by atoms with Gasteiger partial charge < -0.3 is 25.6 Å². The van der Waals surface area contributed by atoms with E-state index in [9.17, 15) is 14.7 Å². The highest BCUT2D eigenvalue weighted by Crippen LogP contribution is 2.34. The summed E-state index contributed by atoms with van der Waals surface area (Å²) in [6.45, 7) is 1.83. The molecule has 2 aromatic carbocycles. The summed E-state index contributed by atoms with van der Waals surface area (Å²) in [6, 6.07) is 9.09. The van der Waals surface area contributed by atoms with E-state index in [-0.39, 0.29) is 5.56 Å². The van der Waals surface area contributed by atoms with Gasteiger partial charge in [-0.2, -0.15) is 0 Å². The molecule has 0 spiro atoms. The number of nitrogens with one attached hydrogen (secondary N) is 1. The molecular formula is C19H19N3O5. The number of anilines is 1. The van der Waals surface area contributed by atoms with Gasteiger partial charge in [0, 0.05) is 17.1 Å². The maximum absolute atomic E-state index is 12.8. The van der Waals surface area contributed by atoms with E-state index >= 15 is 0 Å². The molecule has 0 atom stereocenters. The average Bonchev–Trinajstić information content (AvgIpc) is 2.92. The number of amides is 2.